The molecule has 0 unspecified atom stereocenters. The zero-order chi connectivity index (χ0) is 18.8. The third-order valence-electron chi connectivity index (χ3n) is 4.48. The number of benzene rings is 2. The largest absolute Gasteiger partial charge is 0.329 e. The lowest BCUT2D eigenvalue weighted by Crippen LogP contribution is -2.33. The van der Waals surface area contributed by atoms with Gasteiger partial charge in [-0.3, -0.25) is 15.0 Å². The first kappa shape index (κ1) is 16.9. The highest BCUT2D eigenvalue weighted by atomic mass is 16.2. The van der Waals surface area contributed by atoms with E-state index in [1.807, 2.05) is 60.0 Å². The molecule has 3 N–H and O–H groups in total. The minimum atomic E-state index is -0.647. The summed E-state index contributed by atoms with van der Waals surface area (Å²) >= 11 is 0. The third-order valence-corrected chi connectivity index (χ3v) is 4.48. The lowest BCUT2D eigenvalue weighted by molar-refractivity contribution is 0.0745. The van der Waals surface area contributed by atoms with Gasteiger partial charge in [-0.15, -0.1) is 0 Å². The second-order valence-electron chi connectivity index (χ2n) is 6.23. The minimum absolute atomic E-state index is 0.140. The highest BCUT2D eigenvalue weighted by molar-refractivity contribution is 5.96. The molecule has 0 bridgehead atoms. The fourth-order valence-electron chi connectivity index (χ4n) is 3.12. The number of nitrogen functional groups attached to an aromatic ring is 1. The van der Waals surface area contributed by atoms with Crippen LogP contribution in [0.3, 0.4) is 0 Å². The lowest BCUT2D eigenvalue weighted by Gasteiger charge is -2.16. The maximum absolute atomic E-state index is 13.0. The van der Waals surface area contributed by atoms with Gasteiger partial charge < -0.3 is 4.90 Å². The van der Waals surface area contributed by atoms with Crippen molar-refractivity contribution < 1.29 is 9.59 Å². The van der Waals surface area contributed by atoms with Gasteiger partial charge in [0.25, 0.3) is 5.91 Å². The van der Waals surface area contributed by atoms with Crippen LogP contribution in [0.15, 0.2) is 60.7 Å². The van der Waals surface area contributed by atoms with Gasteiger partial charge in [-0.05, 0) is 17.2 Å². The summed E-state index contributed by atoms with van der Waals surface area (Å²) in [4.78, 5) is 35.1. The van der Waals surface area contributed by atoms with Crippen LogP contribution in [0.25, 0.3) is 11.3 Å². The van der Waals surface area contributed by atoms with Crippen molar-refractivity contribution in [2.24, 2.45) is 5.84 Å². The number of aromatic nitrogens is 2. The number of fused-ring (bicyclic) bond motifs is 1. The van der Waals surface area contributed by atoms with Crippen LogP contribution in [0.5, 0.6) is 0 Å². The number of hydrogen-bond acceptors (Lipinski definition) is 5. The topological polar surface area (TPSA) is 101 Å². The molecule has 27 heavy (non-hydrogen) atoms. The quantitative estimate of drug-likeness (QED) is 0.423. The predicted molar refractivity (Wildman–Crippen MR) is 99.1 cm³/mol. The summed E-state index contributed by atoms with van der Waals surface area (Å²) in [6.07, 6.45) is 0. The average molecular weight is 359 g/mol. The minimum Gasteiger partial charge on any atom is -0.329 e. The van der Waals surface area contributed by atoms with E-state index in [-0.39, 0.29) is 17.4 Å². The Hall–Kier alpha value is -3.58. The van der Waals surface area contributed by atoms with Crippen LogP contribution >= 0.6 is 0 Å². The highest BCUT2D eigenvalue weighted by Crippen LogP contribution is 2.25. The number of carbonyl (C=O) groups excluding carboxylic acids is 2. The Labute approximate surface area is 155 Å². The molecule has 0 fully saturated rings. The van der Waals surface area contributed by atoms with Gasteiger partial charge in [0.2, 0.25) is 5.82 Å². The molecule has 1 aromatic heterocycles. The van der Waals surface area contributed by atoms with E-state index in [2.05, 4.69) is 9.97 Å². The summed E-state index contributed by atoms with van der Waals surface area (Å²) in [6.45, 7) is 1.02. The van der Waals surface area contributed by atoms with E-state index in [1.54, 1.807) is 11.0 Å². The molecule has 2 amide bonds. The standard InChI is InChI=1S/C20H17N5O2/c21-24-19(26)18-22-16(13-6-2-1-3-7-13)10-17(23-18)20(27)25-11-14-8-4-5-9-15(14)12-25/h1-10H,11-12,21H2,(H,24,26). The molecule has 2 heterocycles. The fourth-order valence-corrected chi connectivity index (χ4v) is 3.12. The Balaban J connectivity index is 1.71. The maximum atomic E-state index is 13.0. The molecule has 1 aliphatic heterocycles. The van der Waals surface area contributed by atoms with Gasteiger partial charge in [-0.2, -0.15) is 0 Å². The van der Waals surface area contributed by atoms with Gasteiger partial charge in [0.05, 0.1) is 5.69 Å². The smallest absolute Gasteiger partial charge is 0.302 e. The van der Waals surface area contributed by atoms with Crippen molar-refractivity contribution in [1.82, 2.24) is 20.3 Å². The van der Waals surface area contributed by atoms with E-state index in [9.17, 15) is 9.59 Å². The summed E-state index contributed by atoms with van der Waals surface area (Å²) in [5.74, 6) is 4.18. The molecule has 0 spiro atoms. The van der Waals surface area contributed by atoms with Crippen LogP contribution in [0.2, 0.25) is 0 Å². The summed E-state index contributed by atoms with van der Waals surface area (Å²) < 4.78 is 0. The molecule has 0 saturated carbocycles. The SMILES string of the molecule is NNC(=O)c1nc(C(=O)N2Cc3ccccc3C2)cc(-c2ccccc2)n1. The second-order valence-corrected chi connectivity index (χ2v) is 6.23. The number of nitrogens with one attached hydrogen (secondary N) is 1. The first-order valence-corrected chi connectivity index (χ1v) is 8.47. The first-order chi connectivity index (χ1) is 13.2. The molecule has 7 heteroatoms. The Bertz CT molecular complexity index is 995. The summed E-state index contributed by atoms with van der Waals surface area (Å²) in [7, 11) is 0. The highest BCUT2D eigenvalue weighted by Gasteiger charge is 2.26. The lowest BCUT2D eigenvalue weighted by atomic mass is 10.1. The van der Waals surface area contributed by atoms with Crippen LogP contribution in [0.4, 0.5) is 0 Å². The van der Waals surface area contributed by atoms with Gasteiger partial charge in [0.15, 0.2) is 0 Å². The Kier molecular flexibility index (Phi) is 4.35. The molecule has 134 valence electrons. The van der Waals surface area contributed by atoms with Crippen molar-refractivity contribution in [3.8, 4) is 11.3 Å². The number of nitrogens with two attached hydrogens (primary N) is 1. The molecule has 0 radical (unpaired) electrons. The van der Waals surface area contributed by atoms with Crippen molar-refractivity contribution in [3.63, 3.8) is 0 Å². The Morgan fingerprint density at radius 1 is 0.926 bits per heavy atom. The summed E-state index contributed by atoms with van der Waals surface area (Å²) in [5.41, 5.74) is 5.68. The van der Waals surface area contributed by atoms with E-state index < -0.39 is 5.91 Å². The molecule has 0 aliphatic carbocycles. The molecule has 0 atom stereocenters. The summed E-state index contributed by atoms with van der Waals surface area (Å²) in [5, 5.41) is 0. The maximum Gasteiger partial charge on any atom is 0.302 e. The fraction of sp³-hybridized carbons (Fsp3) is 0.100. The molecule has 1 aliphatic rings. The monoisotopic (exact) mass is 359 g/mol. The Morgan fingerprint density at radius 2 is 1.56 bits per heavy atom. The van der Waals surface area contributed by atoms with Gasteiger partial charge in [0, 0.05) is 18.7 Å². The average Bonchev–Trinajstić information content (AvgIpc) is 3.17. The molecular formula is C20H17N5O2. The van der Waals surface area contributed by atoms with E-state index in [4.69, 9.17) is 5.84 Å². The summed E-state index contributed by atoms with van der Waals surface area (Å²) in [6, 6.07) is 18.8. The molecule has 4 rings (SSSR count). The molecule has 0 saturated heterocycles. The van der Waals surface area contributed by atoms with Crippen molar-refractivity contribution in [2.75, 3.05) is 0 Å². The zero-order valence-electron chi connectivity index (χ0n) is 14.4. The van der Waals surface area contributed by atoms with Gasteiger partial charge >= 0.3 is 5.91 Å². The molecule has 2 aromatic carbocycles. The number of amides is 2. The number of rotatable bonds is 3. The van der Waals surface area contributed by atoms with Gasteiger partial charge in [-0.25, -0.2) is 15.8 Å². The van der Waals surface area contributed by atoms with Gasteiger partial charge in [0.1, 0.15) is 5.69 Å². The van der Waals surface area contributed by atoms with E-state index in [0.29, 0.717) is 18.8 Å². The zero-order valence-corrected chi connectivity index (χ0v) is 14.4. The molecule has 7 nitrogen and oxygen atoms in total. The number of hydrogen-bond donors (Lipinski definition) is 2. The molecule has 3 aromatic rings. The predicted octanol–water partition coefficient (Wildman–Crippen LogP) is 1.90. The van der Waals surface area contributed by atoms with Crippen LogP contribution in [0, 0.1) is 0 Å². The number of carbonyl (C=O) groups is 2. The third kappa shape index (κ3) is 3.28. The van der Waals surface area contributed by atoms with Crippen molar-refractivity contribution in [1.29, 1.82) is 0 Å². The van der Waals surface area contributed by atoms with E-state index in [1.165, 1.54) is 0 Å². The normalized spacial score (nSPS) is 12.6. The number of nitrogens with zero attached hydrogens (tertiary/aromatic N) is 3. The van der Waals surface area contributed by atoms with Crippen LogP contribution < -0.4 is 11.3 Å². The van der Waals surface area contributed by atoms with Crippen molar-refractivity contribution >= 4 is 11.8 Å². The first-order valence-electron chi connectivity index (χ1n) is 8.47. The van der Waals surface area contributed by atoms with Crippen LogP contribution in [0.1, 0.15) is 32.2 Å². The Morgan fingerprint density at radius 3 is 2.19 bits per heavy atom. The van der Waals surface area contributed by atoms with E-state index >= 15 is 0 Å². The number of hydrazine groups is 1. The van der Waals surface area contributed by atoms with Crippen LogP contribution in [-0.4, -0.2) is 26.7 Å². The van der Waals surface area contributed by atoms with Crippen molar-refractivity contribution in [2.45, 2.75) is 13.1 Å². The molecular weight excluding hydrogens is 342 g/mol. The van der Waals surface area contributed by atoms with Crippen LogP contribution in [-0.2, 0) is 13.1 Å². The van der Waals surface area contributed by atoms with Gasteiger partial charge in [-0.1, -0.05) is 54.6 Å². The van der Waals surface area contributed by atoms with Crippen molar-refractivity contribution in [3.05, 3.63) is 83.3 Å². The second kappa shape index (κ2) is 6.97. The van der Waals surface area contributed by atoms with E-state index in [0.717, 1.165) is 16.7 Å².